The monoisotopic (exact) mass is 156 g/mol. The second-order valence-corrected chi connectivity index (χ2v) is 2.87. The number of hydrogen-bond donors (Lipinski definition) is 0. The Labute approximate surface area is 65.7 Å². The number of Topliss-reactive ketones (excluding diaryl/α,β-unsaturated/α-hetero) is 1. The molecule has 0 aliphatic carbocycles. The summed E-state index contributed by atoms with van der Waals surface area (Å²) in [5, 5.41) is 0. The van der Waals surface area contributed by atoms with Crippen LogP contribution in [0.3, 0.4) is 0 Å². The minimum atomic E-state index is -0.486. The highest BCUT2D eigenvalue weighted by atomic mass is 16.6. The first kappa shape index (κ1) is 8.24. The van der Waals surface area contributed by atoms with Crippen LogP contribution >= 0.6 is 0 Å². The van der Waals surface area contributed by atoms with E-state index in [0.29, 0.717) is 6.42 Å². The molecule has 1 saturated heterocycles. The highest BCUT2D eigenvalue weighted by Crippen LogP contribution is 2.23. The smallest absolute Gasteiger partial charge is 0.316 e. The van der Waals surface area contributed by atoms with Crippen molar-refractivity contribution in [3.63, 3.8) is 0 Å². The summed E-state index contributed by atoms with van der Waals surface area (Å²) < 4.78 is 4.92. The maximum Gasteiger partial charge on any atom is 0.316 e. The van der Waals surface area contributed by atoms with Crippen molar-refractivity contribution < 1.29 is 14.3 Å². The van der Waals surface area contributed by atoms with E-state index in [9.17, 15) is 9.59 Å². The van der Waals surface area contributed by atoms with E-state index < -0.39 is 5.92 Å². The Morgan fingerprint density at radius 1 is 1.73 bits per heavy atom. The first-order chi connectivity index (χ1) is 5.15. The molecule has 0 spiro atoms. The Kier molecular flexibility index (Phi) is 2.27. The van der Waals surface area contributed by atoms with Crippen LogP contribution in [0.15, 0.2) is 0 Å². The van der Waals surface area contributed by atoms with Gasteiger partial charge in [-0.1, -0.05) is 6.92 Å². The van der Waals surface area contributed by atoms with Gasteiger partial charge in [-0.25, -0.2) is 0 Å². The van der Waals surface area contributed by atoms with Gasteiger partial charge in [-0.05, 0) is 13.3 Å². The van der Waals surface area contributed by atoms with Gasteiger partial charge in [-0.2, -0.15) is 0 Å². The number of esters is 1. The van der Waals surface area contributed by atoms with Gasteiger partial charge in [0, 0.05) is 6.42 Å². The summed E-state index contributed by atoms with van der Waals surface area (Å²) in [4.78, 5) is 21.8. The van der Waals surface area contributed by atoms with E-state index in [2.05, 4.69) is 0 Å². The van der Waals surface area contributed by atoms with Crippen LogP contribution in [0.5, 0.6) is 0 Å². The number of carbonyl (C=O) groups excluding carboxylic acids is 2. The van der Waals surface area contributed by atoms with E-state index in [1.165, 1.54) is 6.92 Å². The van der Waals surface area contributed by atoms with Gasteiger partial charge in [0.05, 0.1) is 0 Å². The van der Waals surface area contributed by atoms with Crippen LogP contribution in [-0.4, -0.2) is 17.9 Å². The second-order valence-electron chi connectivity index (χ2n) is 2.87. The van der Waals surface area contributed by atoms with E-state index in [1.807, 2.05) is 6.92 Å². The lowest BCUT2D eigenvalue weighted by Crippen LogP contribution is -2.15. The van der Waals surface area contributed by atoms with Crippen molar-refractivity contribution in [2.75, 3.05) is 0 Å². The Hall–Kier alpha value is -0.860. The molecule has 0 unspecified atom stereocenters. The number of ether oxygens (including phenoxy) is 1. The van der Waals surface area contributed by atoms with Gasteiger partial charge in [0.1, 0.15) is 17.8 Å². The summed E-state index contributed by atoms with van der Waals surface area (Å²) in [6.07, 6.45) is 1.34. The molecule has 11 heavy (non-hydrogen) atoms. The zero-order valence-corrected chi connectivity index (χ0v) is 6.79. The minimum Gasteiger partial charge on any atom is -0.462 e. The molecule has 0 N–H and O–H groups in total. The SMILES string of the molecule is CC[C@H]1C[C@H](C(C)=O)C(=O)O1. The lowest BCUT2D eigenvalue weighted by molar-refractivity contribution is -0.146. The fourth-order valence-electron chi connectivity index (χ4n) is 1.24. The van der Waals surface area contributed by atoms with E-state index in [1.54, 1.807) is 0 Å². The molecule has 3 nitrogen and oxygen atoms in total. The zero-order chi connectivity index (χ0) is 8.43. The average molecular weight is 156 g/mol. The van der Waals surface area contributed by atoms with Crippen molar-refractivity contribution in [3.8, 4) is 0 Å². The van der Waals surface area contributed by atoms with Gasteiger partial charge in [0.15, 0.2) is 0 Å². The molecule has 0 bridgehead atoms. The Morgan fingerprint density at radius 3 is 2.64 bits per heavy atom. The number of carbonyl (C=O) groups is 2. The predicted octanol–water partition coefficient (Wildman–Crippen LogP) is 0.917. The Balaban J connectivity index is 2.59. The molecule has 0 aromatic carbocycles. The summed E-state index contributed by atoms with van der Waals surface area (Å²) in [5.41, 5.74) is 0. The van der Waals surface area contributed by atoms with Gasteiger partial charge < -0.3 is 4.74 Å². The Bertz CT molecular complexity index is 186. The quantitative estimate of drug-likeness (QED) is 0.441. The third kappa shape index (κ3) is 1.59. The molecular weight excluding hydrogens is 144 g/mol. The first-order valence-corrected chi connectivity index (χ1v) is 3.86. The molecule has 0 amide bonds. The van der Waals surface area contributed by atoms with E-state index in [4.69, 9.17) is 4.74 Å². The molecule has 0 aromatic heterocycles. The van der Waals surface area contributed by atoms with E-state index in [-0.39, 0.29) is 17.9 Å². The van der Waals surface area contributed by atoms with Gasteiger partial charge in [-0.3, -0.25) is 9.59 Å². The van der Waals surface area contributed by atoms with Crippen molar-refractivity contribution in [2.24, 2.45) is 5.92 Å². The number of rotatable bonds is 2. The highest BCUT2D eigenvalue weighted by Gasteiger charge is 2.36. The fourth-order valence-corrected chi connectivity index (χ4v) is 1.24. The van der Waals surface area contributed by atoms with Crippen LogP contribution in [0.4, 0.5) is 0 Å². The third-order valence-corrected chi connectivity index (χ3v) is 2.01. The number of cyclic esters (lactones) is 1. The van der Waals surface area contributed by atoms with Crippen LogP contribution in [0.1, 0.15) is 26.7 Å². The van der Waals surface area contributed by atoms with Gasteiger partial charge in [0.2, 0.25) is 0 Å². The van der Waals surface area contributed by atoms with Crippen LogP contribution in [0, 0.1) is 5.92 Å². The summed E-state index contributed by atoms with van der Waals surface area (Å²) in [6.45, 7) is 3.38. The predicted molar refractivity (Wildman–Crippen MR) is 39.0 cm³/mol. The van der Waals surface area contributed by atoms with E-state index >= 15 is 0 Å². The van der Waals surface area contributed by atoms with Crippen LogP contribution in [0.25, 0.3) is 0 Å². The molecule has 1 aliphatic rings. The van der Waals surface area contributed by atoms with Crippen molar-refractivity contribution in [1.82, 2.24) is 0 Å². The fraction of sp³-hybridized carbons (Fsp3) is 0.750. The lowest BCUT2D eigenvalue weighted by atomic mass is 10.0. The molecule has 0 saturated carbocycles. The number of ketones is 1. The molecular formula is C8H12O3. The summed E-state index contributed by atoms with van der Waals surface area (Å²) in [7, 11) is 0. The number of hydrogen-bond acceptors (Lipinski definition) is 3. The third-order valence-electron chi connectivity index (χ3n) is 2.01. The standard InChI is InChI=1S/C8H12O3/c1-3-6-4-7(5(2)9)8(10)11-6/h6-7H,3-4H2,1-2H3/t6-,7+/m0/s1. The van der Waals surface area contributed by atoms with Crippen molar-refractivity contribution in [2.45, 2.75) is 32.8 Å². The Morgan fingerprint density at radius 2 is 2.36 bits per heavy atom. The summed E-state index contributed by atoms with van der Waals surface area (Å²) >= 11 is 0. The first-order valence-electron chi connectivity index (χ1n) is 3.86. The average Bonchev–Trinajstić information content (AvgIpc) is 2.30. The normalized spacial score (nSPS) is 30.2. The molecule has 2 atom stereocenters. The van der Waals surface area contributed by atoms with Gasteiger partial charge >= 0.3 is 5.97 Å². The summed E-state index contributed by atoms with van der Waals surface area (Å²) in [6, 6.07) is 0. The molecule has 1 heterocycles. The molecule has 3 heteroatoms. The van der Waals surface area contributed by atoms with Gasteiger partial charge in [0.25, 0.3) is 0 Å². The second kappa shape index (κ2) is 3.03. The van der Waals surface area contributed by atoms with Crippen molar-refractivity contribution in [1.29, 1.82) is 0 Å². The van der Waals surface area contributed by atoms with Crippen LogP contribution in [0.2, 0.25) is 0 Å². The van der Waals surface area contributed by atoms with Crippen molar-refractivity contribution >= 4 is 11.8 Å². The van der Waals surface area contributed by atoms with Crippen LogP contribution in [-0.2, 0) is 14.3 Å². The molecule has 1 rings (SSSR count). The van der Waals surface area contributed by atoms with Crippen molar-refractivity contribution in [3.05, 3.63) is 0 Å². The highest BCUT2D eigenvalue weighted by molar-refractivity contribution is 5.98. The maximum absolute atomic E-state index is 10.9. The topological polar surface area (TPSA) is 43.4 Å². The zero-order valence-electron chi connectivity index (χ0n) is 6.79. The summed E-state index contributed by atoms with van der Waals surface area (Å²) in [5.74, 6) is -0.907. The molecule has 62 valence electrons. The van der Waals surface area contributed by atoms with Gasteiger partial charge in [-0.15, -0.1) is 0 Å². The molecule has 1 aliphatic heterocycles. The lowest BCUT2D eigenvalue weighted by Gasteiger charge is -2.01. The molecule has 0 aromatic rings. The van der Waals surface area contributed by atoms with E-state index in [0.717, 1.165) is 6.42 Å². The minimum absolute atomic E-state index is 0.0311. The maximum atomic E-state index is 10.9. The molecule has 0 radical (unpaired) electrons. The van der Waals surface area contributed by atoms with Crippen LogP contribution < -0.4 is 0 Å². The molecule has 1 fully saturated rings. The largest absolute Gasteiger partial charge is 0.462 e.